The van der Waals surface area contributed by atoms with E-state index < -0.39 is 30.3 Å². The van der Waals surface area contributed by atoms with Gasteiger partial charge >= 0.3 is 6.09 Å². The summed E-state index contributed by atoms with van der Waals surface area (Å²) in [5, 5.41) is 0. The molecule has 1 saturated heterocycles. The summed E-state index contributed by atoms with van der Waals surface area (Å²) < 4.78 is 18.0. The Bertz CT molecular complexity index is 1260. The Balaban J connectivity index is 1.64. The zero-order valence-corrected chi connectivity index (χ0v) is 23.6. The summed E-state index contributed by atoms with van der Waals surface area (Å²) in [4.78, 5) is 28.6. The highest BCUT2D eigenvalue weighted by Gasteiger charge is 2.44. The number of hydrogen-bond acceptors (Lipinski definition) is 5. The van der Waals surface area contributed by atoms with Gasteiger partial charge in [0.15, 0.2) is 0 Å². The molecule has 40 heavy (non-hydrogen) atoms. The topological polar surface area (TPSA) is 65.1 Å². The van der Waals surface area contributed by atoms with E-state index in [1.807, 2.05) is 106 Å². The Kier molecular flexibility index (Phi) is 10.3. The summed E-state index contributed by atoms with van der Waals surface area (Å²) in [6.45, 7) is 10.6. The smallest absolute Gasteiger partial charge is 0.416 e. The molecule has 1 heterocycles. The lowest BCUT2D eigenvalue weighted by Crippen LogP contribution is -2.50. The Morgan fingerprint density at radius 3 is 2.20 bits per heavy atom. The van der Waals surface area contributed by atoms with Gasteiger partial charge in [0.25, 0.3) is 0 Å². The Hall–Kier alpha value is -3.74. The van der Waals surface area contributed by atoms with Gasteiger partial charge in [-0.05, 0) is 50.3 Å². The lowest BCUT2D eigenvalue weighted by atomic mass is 9.88. The molecule has 1 aliphatic heterocycles. The van der Waals surface area contributed by atoms with Gasteiger partial charge in [-0.2, -0.15) is 0 Å². The van der Waals surface area contributed by atoms with Gasteiger partial charge in [-0.15, -0.1) is 0 Å². The van der Waals surface area contributed by atoms with Crippen molar-refractivity contribution in [2.45, 2.75) is 58.5 Å². The molecule has 2 amide bonds. The number of hydrogen-bond donors (Lipinski definition) is 0. The number of carbonyl (C=O) groups excluding carboxylic acids is 2. The molecule has 4 unspecified atom stereocenters. The molecule has 0 N–H and O–H groups in total. The summed E-state index contributed by atoms with van der Waals surface area (Å²) in [5.41, 5.74) is 5.01. The molecule has 0 bridgehead atoms. The number of ether oxygens (including phenoxy) is 3. The number of imide groups is 1. The number of nitrogens with zero attached hydrogens (tertiary/aromatic N) is 1. The van der Waals surface area contributed by atoms with Gasteiger partial charge in [0.2, 0.25) is 5.91 Å². The summed E-state index contributed by atoms with van der Waals surface area (Å²) in [5.74, 6) is -0.998. The van der Waals surface area contributed by atoms with Crippen LogP contribution in [0.25, 0.3) is 0 Å². The van der Waals surface area contributed by atoms with Crippen LogP contribution in [0.15, 0.2) is 97.1 Å². The molecule has 4 atom stereocenters. The minimum atomic E-state index is -0.684. The minimum Gasteiger partial charge on any atom is -0.447 e. The van der Waals surface area contributed by atoms with E-state index in [2.05, 4.69) is 6.58 Å². The second-order valence-corrected chi connectivity index (χ2v) is 10.7. The van der Waals surface area contributed by atoms with Gasteiger partial charge in [0.1, 0.15) is 6.61 Å². The minimum absolute atomic E-state index is 0.161. The summed E-state index contributed by atoms with van der Waals surface area (Å²) in [6, 6.07) is 27.4. The highest BCUT2D eigenvalue weighted by Crippen LogP contribution is 2.28. The van der Waals surface area contributed by atoms with Crippen LogP contribution in [0.1, 0.15) is 36.1 Å². The van der Waals surface area contributed by atoms with E-state index in [1.54, 1.807) is 0 Å². The molecular weight excluding hydrogens is 502 g/mol. The molecule has 4 rings (SSSR count). The van der Waals surface area contributed by atoms with Crippen molar-refractivity contribution in [2.75, 3.05) is 13.2 Å². The molecule has 210 valence electrons. The number of benzene rings is 3. The van der Waals surface area contributed by atoms with Crippen LogP contribution in [0, 0.1) is 12.8 Å². The van der Waals surface area contributed by atoms with Crippen molar-refractivity contribution < 1.29 is 23.8 Å². The highest BCUT2D eigenvalue weighted by atomic mass is 16.6. The van der Waals surface area contributed by atoms with Crippen molar-refractivity contribution in [3.63, 3.8) is 0 Å². The third kappa shape index (κ3) is 7.90. The summed E-state index contributed by atoms with van der Waals surface area (Å²) in [6.07, 6.45) is -0.769. The third-order valence-corrected chi connectivity index (χ3v) is 7.14. The standard InChI is InChI=1S/C34H39NO5/c1-24(2)21-39-32(26(4)38-22-29-13-9-6-10-14-29)31(20-28-17-15-25(3)16-18-28)33(36)35-30(23-40-34(35)37)19-27-11-7-5-8-12-27/h5-18,26,30-32H,1,19-23H2,2-4H3. The van der Waals surface area contributed by atoms with Crippen molar-refractivity contribution in [1.29, 1.82) is 0 Å². The lowest BCUT2D eigenvalue weighted by Gasteiger charge is -2.34. The highest BCUT2D eigenvalue weighted by molar-refractivity contribution is 5.95. The molecule has 3 aromatic carbocycles. The summed E-state index contributed by atoms with van der Waals surface area (Å²) >= 11 is 0. The maximum atomic E-state index is 14.4. The fraction of sp³-hybridized carbons (Fsp3) is 0.353. The molecule has 1 aliphatic rings. The van der Waals surface area contributed by atoms with E-state index in [0.29, 0.717) is 19.4 Å². The van der Waals surface area contributed by atoms with Gasteiger partial charge < -0.3 is 14.2 Å². The Labute approximate surface area is 237 Å². The maximum absolute atomic E-state index is 14.4. The molecule has 6 heteroatoms. The lowest BCUT2D eigenvalue weighted by molar-refractivity contribution is -0.147. The Morgan fingerprint density at radius 1 is 0.950 bits per heavy atom. The van der Waals surface area contributed by atoms with Crippen LogP contribution < -0.4 is 0 Å². The van der Waals surface area contributed by atoms with Crippen LogP contribution in [0.4, 0.5) is 4.79 Å². The van der Waals surface area contributed by atoms with E-state index in [4.69, 9.17) is 14.2 Å². The van der Waals surface area contributed by atoms with Crippen LogP contribution in [0.3, 0.4) is 0 Å². The Morgan fingerprint density at radius 2 is 1.57 bits per heavy atom. The van der Waals surface area contributed by atoms with Crippen molar-refractivity contribution in [2.24, 2.45) is 5.92 Å². The monoisotopic (exact) mass is 541 g/mol. The van der Waals surface area contributed by atoms with E-state index >= 15 is 0 Å². The molecule has 0 radical (unpaired) electrons. The molecule has 0 saturated carbocycles. The number of carbonyl (C=O) groups is 2. The molecular formula is C34H39NO5. The van der Waals surface area contributed by atoms with Gasteiger partial charge in [-0.25, -0.2) is 9.69 Å². The first-order valence-electron chi connectivity index (χ1n) is 13.8. The molecule has 0 aromatic heterocycles. The van der Waals surface area contributed by atoms with Crippen molar-refractivity contribution in [1.82, 2.24) is 4.90 Å². The first kappa shape index (κ1) is 29.2. The largest absolute Gasteiger partial charge is 0.447 e. The first-order chi connectivity index (χ1) is 19.3. The van der Waals surface area contributed by atoms with Crippen molar-refractivity contribution in [3.05, 3.63) is 119 Å². The third-order valence-electron chi connectivity index (χ3n) is 7.14. The normalized spacial score (nSPS) is 17.2. The molecule has 6 nitrogen and oxygen atoms in total. The van der Waals surface area contributed by atoms with E-state index in [9.17, 15) is 9.59 Å². The molecule has 0 spiro atoms. The predicted octanol–water partition coefficient (Wildman–Crippen LogP) is 6.31. The SMILES string of the molecule is C=C(C)COC(C(C)OCc1ccccc1)C(Cc1ccc(C)cc1)C(=O)N1C(=O)OCC1Cc1ccccc1. The number of aryl methyl sites for hydroxylation is 1. The van der Waals surface area contributed by atoms with Gasteiger partial charge in [0.05, 0.1) is 37.4 Å². The van der Waals surface area contributed by atoms with E-state index in [0.717, 1.165) is 27.8 Å². The molecule has 0 aliphatic carbocycles. The van der Waals surface area contributed by atoms with Crippen LogP contribution in [0.2, 0.25) is 0 Å². The summed E-state index contributed by atoms with van der Waals surface area (Å²) in [7, 11) is 0. The molecule has 3 aromatic rings. The van der Waals surface area contributed by atoms with Gasteiger partial charge in [-0.3, -0.25) is 4.79 Å². The fourth-order valence-electron chi connectivity index (χ4n) is 4.98. The predicted molar refractivity (Wildman–Crippen MR) is 156 cm³/mol. The van der Waals surface area contributed by atoms with Crippen LogP contribution in [0.5, 0.6) is 0 Å². The van der Waals surface area contributed by atoms with Crippen LogP contribution in [-0.4, -0.2) is 48.4 Å². The fourth-order valence-corrected chi connectivity index (χ4v) is 4.98. The average Bonchev–Trinajstić information content (AvgIpc) is 3.32. The van der Waals surface area contributed by atoms with Gasteiger partial charge in [0, 0.05) is 0 Å². The second-order valence-electron chi connectivity index (χ2n) is 10.7. The maximum Gasteiger partial charge on any atom is 0.416 e. The van der Waals surface area contributed by atoms with E-state index in [-0.39, 0.29) is 19.1 Å². The zero-order valence-electron chi connectivity index (χ0n) is 23.6. The molecule has 1 fully saturated rings. The van der Waals surface area contributed by atoms with Crippen molar-refractivity contribution in [3.8, 4) is 0 Å². The van der Waals surface area contributed by atoms with Crippen LogP contribution in [-0.2, 0) is 38.5 Å². The first-order valence-corrected chi connectivity index (χ1v) is 13.8. The number of cyclic esters (lactones) is 1. The number of rotatable bonds is 13. The second kappa shape index (κ2) is 14.1. The average molecular weight is 542 g/mol. The van der Waals surface area contributed by atoms with Crippen molar-refractivity contribution >= 4 is 12.0 Å². The number of amides is 2. The zero-order chi connectivity index (χ0) is 28.5. The van der Waals surface area contributed by atoms with E-state index in [1.165, 1.54) is 4.90 Å². The van der Waals surface area contributed by atoms with Gasteiger partial charge in [-0.1, -0.05) is 103 Å². The quantitative estimate of drug-likeness (QED) is 0.237. The van der Waals surface area contributed by atoms with Crippen LogP contribution >= 0.6 is 0 Å².